The van der Waals surface area contributed by atoms with Crippen LogP contribution >= 0.6 is 0 Å². The van der Waals surface area contributed by atoms with Crippen LogP contribution in [-0.4, -0.2) is 43.5 Å². The summed E-state index contributed by atoms with van der Waals surface area (Å²) in [5.74, 6) is 0.503. The van der Waals surface area contributed by atoms with Crippen LogP contribution in [0.4, 0.5) is 0 Å². The van der Waals surface area contributed by atoms with Gasteiger partial charge < -0.3 is 4.74 Å². The van der Waals surface area contributed by atoms with E-state index in [-0.39, 0.29) is 5.92 Å². The summed E-state index contributed by atoms with van der Waals surface area (Å²) in [5, 5.41) is 0. The first kappa shape index (κ1) is 12.7. The predicted molar refractivity (Wildman–Crippen MR) is 60.9 cm³/mol. The van der Waals surface area contributed by atoms with E-state index in [0.717, 1.165) is 25.9 Å². The van der Waals surface area contributed by atoms with Crippen LogP contribution < -0.4 is 0 Å². The SMILES string of the molecule is CCC(CC)N(C)CC(=O)C1CCOC1. The van der Waals surface area contributed by atoms with Gasteiger partial charge in [0.25, 0.3) is 0 Å². The van der Waals surface area contributed by atoms with Crippen LogP contribution in [0, 0.1) is 5.92 Å². The third kappa shape index (κ3) is 3.58. The van der Waals surface area contributed by atoms with Gasteiger partial charge in [-0.1, -0.05) is 13.8 Å². The van der Waals surface area contributed by atoms with Crippen molar-refractivity contribution in [1.29, 1.82) is 0 Å². The number of ketones is 1. The largest absolute Gasteiger partial charge is 0.381 e. The molecule has 3 nitrogen and oxygen atoms in total. The van der Waals surface area contributed by atoms with Gasteiger partial charge in [-0.2, -0.15) is 0 Å². The van der Waals surface area contributed by atoms with Crippen LogP contribution in [-0.2, 0) is 9.53 Å². The Bertz CT molecular complexity index is 196. The molecule has 1 rings (SSSR count). The molecule has 0 N–H and O–H groups in total. The number of Topliss-reactive ketones (excluding diaryl/α,β-unsaturated/α-hetero) is 1. The first-order chi connectivity index (χ1) is 7.19. The van der Waals surface area contributed by atoms with Gasteiger partial charge in [-0.05, 0) is 26.3 Å². The Labute approximate surface area is 92.8 Å². The van der Waals surface area contributed by atoms with Gasteiger partial charge in [0, 0.05) is 18.6 Å². The third-order valence-electron chi connectivity index (χ3n) is 3.36. The Morgan fingerprint density at radius 2 is 2.13 bits per heavy atom. The number of nitrogens with zero attached hydrogens (tertiary/aromatic N) is 1. The van der Waals surface area contributed by atoms with Crippen LogP contribution in [0.5, 0.6) is 0 Å². The van der Waals surface area contributed by atoms with Gasteiger partial charge in [-0.25, -0.2) is 0 Å². The van der Waals surface area contributed by atoms with Gasteiger partial charge in [0.15, 0.2) is 5.78 Å². The van der Waals surface area contributed by atoms with Crippen molar-refractivity contribution in [2.24, 2.45) is 5.92 Å². The van der Waals surface area contributed by atoms with Gasteiger partial charge in [0.1, 0.15) is 0 Å². The minimum absolute atomic E-state index is 0.154. The van der Waals surface area contributed by atoms with Crippen molar-refractivity contribution < 1.29 is 9.53 Å². The lowest BCUT2D eigenvalue weighted by molar-refractivity contribution is -0.124. The van der Waals surface area contributed by atoms with Crippen LogP contribution in [0.2, 0.25) is 0 Å². The molecule has 0 spiro atoms. The Hall–Kier alpha value is -0.410. The lowest BCUT2D eigenvalue weighted by Crippen LogP contribution is -2.37. The minimum Gasteiger partial charge on any atom is -0.381 e. The molecule has 15 heavy (non-hydrogen) atoms. The van der Waals surface area contributed by atoms with Crippen molar-refractivity contribution in [2.45, 2.75) is 39.2 Å². The van der Waals surface area contributed by atoms with E-state index >= 15 is 0 Å². The molecule has 1 aliphatic rings. The molecule has 0 aromatic rings. The molecule has 0 aliphatic carbocycles. The third-order valence-corrected chi connectivity index (χ3v) is 3.36. The Morgan fingerprint density at radius 1 is 1.47 bits per heavy atom. The second-order valence-electron chi connectivity index (χ2n) is 4.41. The first-order valence-electron chi connectivity index (χ1n) is 5.99. The maximum Gasteiger partial charge on any atom is 0.152 e. The van der Waals surface area contributed by atoms with Crippen molar-refractivity contribution in [2.75, 3.05) is 26.8 Å². The van der Waals surface area contributed by atoms with E-state index in [9.17, 15) is 4.79 Å². The Morgan fingerprint density at radius 3 is 2.60 bits per heavy atom. The van der Waals surface area contributed by atoms with Crippen LogP contribution in [0.25, 0.3) is 0 Å². The normalized spacial score (nSPS) is 21.5. The van der Waals surface area contributed by atoms with Crippen LogP contribution in [0.1, 0.15) is 33.1 Å². The summed E-state index contributed by atoms with van der Waals surface area (Å²) in [6, 6.07) is 0.538. The number of carbonyl (C=O) groups is 1. The molecule has 1 aliphatic heterocycles. The average Bonchev–Trinajstić information content (AvgIpc) is 2.72. The quantitative estimate of drug-likeness (QED) is 0.672. The lowest BCUT2D eigenvalue weighted by atomic mass is 10.0. The topological polar surface area (TPSA) is 29.5 Å². The van der Waals surface area contributed by atoms with E-state index in [1.165, 1.54) is 0 Å². The van der Waals surface area contributed by atoms with Gasteiger partial charge in [0.05, 0.1) is 13.2 Å². The standard InChI is InChI=1S/C12H23NO2/c1-4-11(5-2)13(3)8-12(14)10-6-7-15-9-10/h10-11H,4-9H2,1-3H3. The molecule has 0 bridgehead atoms. The lowest BCUT2D eigenvalue weighted by Gasteiger charge is -2.26. The second kappa shape index (κ2) is 6.23. The monoisotopic (exact) mass is 213 g/mol. The summed E-state index contributed by atoms with van der Waals surface area (Å²) < 4.78 is 5.23. The maximum absolute atomic E-state index is 11.9. The number of hydrogen-bond acceptors (Lipinski definition) is 3. The first-order valence-corrected chi connectivity index (χ1v) is 5.99. The summed E-state index contributed by atoms with van der Waals surface area (Å²) in [7, 11) is 2.05. The van der Waals surface area contributed by atoms with Crippen molar-refractivity contribution in [3.63, 3.8) is 0 Å². The van der Waals surface area contributed by atoms with E-state index in [0.29, 0.717) is 25.0 Å². The van der Waals surface area contributed by atoms with Crippen molar-refractivity contribution in [3.8, 4) is 0 Å². The summed E-state index contributed by atoms with van der Waals surface area (Å²) in [6.45, 7) is 6.32. The maximum atomic E-state index is 11.9. The van der Waals surface area contributed by atoms with E-state index < -0.39 is 0 Å². The summed E-state index contributed by atoms with van der Waals surface area (Å²) in [4.78, 5) is 14.1. The van der Waals surface area contributed by atoms with Crippen LogP contribution in [0.15, 0.2) is 0 Å². The highest BCUT2D eigenvalue weighted by Gasteiger charge is 2.25. The van der Waals surface area contributed by atoms with Gasteiger partial charge in [-0.3, -0.25) is 9.69 Å². The molecular formula is C12H23NO2. The molecule has 1 unspecified atom stereocenters. The van der Waals surface area contributed by atoms with Crippen molar-refractivity contribution >= 4 is 5.78 Å². The number of carbonyl (C=O) groups excluding carboxylic acids is 1. The number of rotatable bonds is 6. The van der Waals surface area contributed by atoms with E-state index in [1.807, 2.05) is 7.05 Å². The molecule has 0 amide bonds. The zero-order valence-corrected chi connectivity index (χ0v) is 10.2. The average molecular weight is 213 g/mol. The molecule has 1 fully saturated rings. The minimum atomic E-state index is 0.154. The smallest absolute Gasteiger partial charge is 0.152 e. The second-order valence-corrected chi connectivity index (χ2v) is 4.41. The predicted octanol–water partition coefficient (Wildman–Crippen LogP) is 1.71. The highest BCUT2D eigenvalue weighted by Crippen LogP contribution is 2.15. The number of ether oxygens (including phenoxy) is 1. The Kier molecular flexibility index (Phi) is 5.26. The fraction of sp³-hybridized carbons (Fsp3) is 0.917. The molecule has 0 saturated carbocycles. The molecule has 0 radical (unpaired) electrons. The van der Waals surface area contributed by atoms with Crippen molar-refractivity contribution in [3.05, 3.63) is 0 Å². The van der Waals surface area contributed by atoms with Gasteiger partial charge in [0.2, 0.25) is 0 Å². The van der Waals surface area contributed by atoms with E-state index in [4.69, 9.17) is 4.74 Å². The van der Waals surface area contributed by atoms with Gasteiger partial charge >= 0.3 is 0 Å². The molecule has 1 atom stereocenters. The van der Waals surface area contributed by atoms with Gasteiger partial charge in [-0.15, -0.1) is 0 Å². The summed E-state index contributed by atoms with van der Waals surface area (Å²) >= 11 is 0. The summed E-state index contributed by atoms with van der Waals surface area (Å²) in [5.41, 5.74) is 0. The zero-order chi connectivity index (χ0) is 11.3. The fourth-order valence-corrected chi connectivity index (χ4v) is 2.20. The zero-order valence-electron chi connectivity index (χ0n) is 10.2. The molecule has 1 saturated heterocycles. The van der Waals surface area contributed by atoms with Crippen LogP contribution in [0.3, 0.4) is 0 Å². The van der Waals surface area contributed by atoms with E-state index in [1.54, 1.807) is 0 Å². The van der Waals surface area contributed by atoms with Crippen molar-refractivity contribution in [1.82, 2.24) is 4.90 Å². The molecule has 0 aromatic carbocycles. The van der Waals surface area contributed by atoms with E-state index in [2.05, 4.69) is 18.7 Å². The number of hydrogen-bond donors (Lipinski definition) is 0. The molecular weight excluding hydrogens is 190 g/mol. The fourth-order valence-electron chi connectivity index (χ4n) is 2.20. The summed E-state index contributed by atoms with van der Waals surface area (Å²) in [6.07, 6.45) is 3.14. The molecule has 0 aromatic heterocycles. The highest BCUT2D eigenvalue weighted by molar-refractivity contribution is 5.83. The Balaban J connectivity index is 2.35. The molecule has 3 heteroatoms. The number of likely N-dealkylation sites (N-methyl/N-ethyl adjacent to an activating group) is 1. The molecule has 1 heterocycles. The highest BCUT2D eigenvalue weighted by atomic mass is 16.5. The molecule has 88 valence electrons.